The number of ether oxygens (including phenoxy) is 1. The van der Waals surface area contributed by atoms with Crippen LogP contribution in [-0.4, -0.2) is 18.5 Å². The van der Waals surface area contributed by atoms with Gasteiger partial charge in [0, 0.05) is 0 Å². The van der Waals surface area contributed by atoms with Crippen LogP contribution in [0.1, 0.15) is 12.5 Å². The van der Waals surface area contributed by atoms with Crippen molar-refractivity contribution in [3.8, 4) is 6.07 Å². The maximum Gasteiger partial charge on any atom is 0.397 e. The first-order chi connectivity index (χ1) is 8.08. The van der Waals surface area contributed by atoms with Gasteiger partial charge in [-0.25, -0.2) is 4.79 Å². The van der Waals surface area contributed by atoms with E-state index in [0.717, 1.165) is 0 Å². The Morgan fingerprint density at radius 1 is 1.53 bits per heavy atom. The van der Waals surface area contributed by atoms with Crippen molar-refractivity contribution >= 4 is 29.2 Å². The Hall–Kier alpha value is -2.06. The molecule has 5 nitrogen and oxygen atoms in total. The zero-order valence-corrected chi connectivity index (χ0v) is 9.75. The SMILES string of the molecule is CCOC(=O)C(=O)Nc1ccc(C#N)cc1Cl. The van der Waals surface area contributed by atoms with Crippen molar-refractivity contribution in [2.75, 3.05) is 11.9 Å². The number of carbonyl (C=O) groups excluding carboxylic acids is 2. The van der Waals surface area contributed by atoms with Crippen LogP contribution < -0.4 is 5.32 Å². The lowest BCUT2D eigenvalue weighted by Crippen LogP contribution is -2.25. The number of nitriles is 1. The van der Waals surface area contributed by atoms with Crippen molar-refractivity contribution in [2.45, 2.75) is 6.92 Å². The second-order valence-corrected chi connectivity index (χ2v) is 3.39. The Morgan fingerprint density at radius 3 is 2.76 bits per heavy atom. The molecule has 0 saturated carbocycles. The lowest BCUT2D eigenvalue weighted by molar-refractivity contribution is -0.152. The predicted octanol–water partition coefficient (Wildman–Crippen LogP) is 1.71. The standard InChI is InChI=1S/C11H9ClN2O3/c1-2-17-11(16)10(15)14-9-4-3-7(6-13)5-8(9)12/h3-5H,2H2,1H3,(H,14,15). The van der Waals surface area contributed by atoms with Gasteiger partial charge < -0.3 is 10.1 Å². The fourth-order valence-electron chi connectivity index (χ4n) is 1.06. The van der Waals surface area contributed by atoms with E-state index in [1.165, 1.54) is 18.2 Å². The molecule has 0 fully saturated rings. The summed E-state index contributed by atoms with van der Waals surface area (Å²) >= 11 is 5.82. The van der Waals surface area contributed by atoms with E-state index in [9.17, 15) is 9.59 Å². The van der Waals surface area contributed by atoms with Crippen molar-refractivity contribution in [1.82, 2.24) is 0 Å². The topological polar surface area (TPSA) is 79.2 Å². The summed E-state index contributed by atoms with van der Waals surface area (Å²) < 4.78 is 4.51. The van der Waals surface area contributed by atoms with Gasteiger partial charge in [-0.15, -0.1) is 0 Å². The Bertz CT molecular complexity index is 494. The van der Waals surface area contributed by atoms with Gasteiger partial charge in [0.25, 0.3) is 0 Å². The molecule has 88 valence electrons. The summed E-state index contributed by atoms with van der Waals surface area (Å²) in [7, 11) is 0. The molecule has 1 aromatic rings. The monoisotopic (exact) mass is 252 g/mol. The van der Waals surface area contributed by atoms with Crippen LogP contribution in [0.15, 0.2) is 18.2 Å². The average molecular weight is 253 g/mol. The van der Waals surface area contributed by atoms with Gasteiger partial charge in [0.2, 0.25) is 0 Å². The third kappa shape index (κ3) is 3.47. The molecule has 1 rings (SSSR count). The normalized spacial score (nSPS) is 9.24. The molecule has 0 aliphatic rings. The number of anilines is 1. The van der Waals surface area contributed by atoms with Crippen LogP contribution in [-0.2, 0) is 14.3 Å². The summed E-state index contributed by atoms with van der Waals surface area (Å²) in [5, 5.41) is 11.1. The minimum absolute atomic E-state index is 0.118. The van der Waals surface area contributed by atoms with E-state index in [1.54, 1.807) is 6.92 Å². The largest absolute Gasteiger partial charge is 0.459 e. The average Bonchev–Trinajstić information content (AvgIpc) is 2.31. The highest BCUT2D eigenvalue weighted by molar-refractivity contribution is 6.39. The first-order valence-electron chi connectivity index (χ1n) is 4.76. The summed E-state index contributed by atoms with van der Waals surface area (Å²) in [5.74, 6) is -1.88. The van der Waals surface area contributed by atoms with E-state index in [4.69, 9.17) is 16.9 Å². The lowest BCUT2D eigenvalue weighted by atomic mass is 10.2. The highest BCUT2D eigenvalue weighted by Gasteiger charge is 2.16. The molecular weight excluding hydrogens is 244 g/mol. The van der Waals surface area contributed by atoms with Gasteiger partial charge in [0.15, 0.2) is 0 Å². The van der Waals surface area contributed by atoms with Crippen molar-refractivity contribution in [3.63, 3.8) is 0 Å². The highest BCUT2D eigenvalue weighted by atomic mass is 35.5. The molecule has 17 heavy (non-hydrogen) atoms. The first-order valence-corrected chi connectivity index (χ1v) is 5.14. The summed E-state index contributed by atoms with van der Waals surface area (Å²) in [6, 6.07) is 6.22. The maximum atomic E-state index is 11.3. The molecule has 0 aromatic heterocycles. The number of esters is 1. The van der Waals surface area contributed by atoms with Crippen LogP contribution in [0.3, 0.4) is 0 Å². The fourth-order valence-corrected chi connectivity index (χ4v) is 1.28. The summed E-state index contributed by atoms with van der Waals surface area (Å²) in [4.78, 5) is 22.4. The minimum atomic E-state index is -0.979. The van der Waals surface area contributed by atoms with E-state index in [2.05, 4.69) is 10.1 Å². The number of amides is 1. The number of hydrogen-bond donors (Lipinski definition) is 1. The number of benzene rings is 1. The summed E-state index contributed by atoms with van der Waals surface area (Å²) in [5.41, 5.74) is 0.618. The second kappa shape index (κ2) is 5.87. The quantitative estimate of drug-likeness (QED) is 0.642. The Balaban J connectivity index is 2.79. The van der Waals surface area contributed by atoms with Crippen LogP contribution in [0.2, 0.25) is 5.02 Å². The molecule has 0 atom stereocenters. The van der Waals surface area contributed by atoms with Gasteiger partial charge >= 0.3 is 11.9 Å². The molecule has 0 spiro atoms. The van der Waals surface area contributed by atoms with E-state index in [-0.39, 0.29) is 17.3 Å². The van der Waals surface area contributed by atoms with Gasteiger partial charge in [0.1, 0.15) is 0 Å². The van der Waals surface area contributed by atoms with Gasteiger partial charge in [-0.05, 0) is 25.1 Å². The zero-order chi connectivity index (χ0) is 12.8. The van der Waals surface area contributed by atoms with Gasteiger partial charge in [0.05, 0.1) is 28.9 Å². The van der Waals surface area contributed by atoms with Crippen LogP contribution in [0.4, 0.5) is 5.69 Å². The van der Waals surface area contributed by atoms with Crippen LogP contribution in [0, 0.1) is 11.3 Å². The van der Waals surface area contributed by atoms with E-state index < -0.39 is 11.9 Å². The van der Waals surface area contributed by atoms with E-state index >= 15 is 0 Å². The molecule has 0 aliphatic heterocycles. The highest BCUT2D eigenvalue weighted by Crippen LogP contribution is 2.22. The van der Waals surface area contributed by atoms with Crippen molar-refractivity contribution in [2.24, 2.45) is 0 Å². The number of carbonyl (C=O) groups is 2. The van der Waals surface area contributed by atoms with Crippen molar-refractivity contribution < 1.29 is 14.3 Å². The molecule has 0 aliphatic carbocycles. The molecular formula is C11H9ClN2O3. The third-order valence-electron chi connectivity index (χ3n) is 1.81. The number of rotatable bonds is 2. The maximum absolute atomic E-state index is 11.3. The Kier molecular flexibility index (Phi) is 4.49. The van der Waals surface area contributed by atoms with Crippen molar-refractivity contribution in [1.29, 1.82) is 5.26 Å². The molecule has 0 bridgehead atoms. The Morgan fingerprint density at radius 2 is 2.24 bits per heavy atom. The lowest BCUT2D eigenvalue weighted by Gasteiger charge is -2.06. The van der Waals surface area contributed by atoms with E-state index in [1.807, 2.05) is 6.07 Å². The molecule has 0 saturated heterocycles. The van der Waals surface area contributed by atoms with Crippen LogP contribution >= 0.6 is 11.6 Å². The molecule has 0 radical (unpaired) electrons. The molecule has 1 amide bonds. The molecule has 0 unspecified atom stereocenters. The number of nitrogens with zero attached hydrogens (tertiary/aromatic N) is 1. The predicted molar refractivity (Wildman–Crippen MR) is 61.4 cm³/mol. The zero-order valence-electron chi connectivity index (χ0n) is 8.99. The molecule has 0 heterocycles. The fraction of sp³-hybridized carbons (Fsp3) is 0.182. The minimum Gasteiger partial charge on any atom is -0.459 e. The summed E-state index contributed by atoms with van der Waals surface area (Å²) in [6.07, 6.45) is 0. The first kappa shape index (κ1) is 13.0. The Labute approximate surface area is 103 Å². The molecule has 6 heteroatoms. The molecule has 1 aromatic carbocycles. The molecule has 1 N–H and O–H groups in total. The number of halogens is 1. The van der Waals surface area contributed by atoms with Crippen LogP contribution in [0.5, 0.6) is 0 Å². The van der Waals surface area contributed by atoms with Gasteiger partial charge in [-0.1, -0.05) is 11.6 Å². The van der Waals surface area contributed by atoms with Gasteiger partial charge in [-0.3, -0.25) is 4.79 Å². The number of hydrogen-bond acceptors (Lipinski definition) is 4. The van der Waals surface area contributed by atoms with Crippen LogP contribution in [0.25, 0.3) is 0 Å². The number of nitrogens with one attached hydrogen (secondary N) is 1. The second-order valence-electron chi connectivity index (χ2n) is 2.98. The van der Waals surface area contributed by atoms with E-state index in [0.29, 0.717) is 5.56 Å². The van der Waals surface area contributed by atoms with Crippen molar-refractivity contribution in [3.05, 3.63) is 28.8 Å². The third-order valence-corrected chi connectivity index (χ3v) is 2.12. The summed E-state index contributed by atoms with van der Waals surface area (Å²) in [6.45, 7) is 1.72. The van der Waals surface area contributed by atoms with Gasteiger partial charge in [-0.2, -0.15) is 5.26 Å². The smallest absolute Gasteiger partial charge is 0.397 e.